The van der Waals surface area contributed by atoms with Gasteiger partial charge < -0.3 is 41.9 Å². The van der Waals surface area contributed by atoms with Crippen LogP contribution >= 0.6 is 0 Å². The maximum Gasteiger partial charge on any atom is 0.253 e. The lowest BCUT2D eigenvalue weighted by Crippen LogP contribution is -2.60. The molecule has 0 saturated carbocycles. The van der Waals surface area contributed by atoms with Crippen molar-refractivity contribution in [2.75, 3.05) is 38.8 Å². The number of benzene rings is 1. The Morgan fingerprint density at radius 1 is 1.10 bits per heavy atom. The Morgan fingerprint density at radius 3 is 2.33 bits per heavy atom. The van der Waals surface area contributed by atoms with Crippen molar-refractivity contribution >= 4 is 23.2 Å². The molecule has 12 nitrogen and oxygen atoms in total. The van der Waals surface area contributed by atoms with Gasteiger partial charge in [0.15, 0.2) is 5.78 Å². The summed E-state index contributed by atoms with van der Waals surface area (Å²) in [6.07, 6.45) is 1.91. The smallest absolute Gasteiger partial charge is 0.253 e. The number of primary amides is 1. The number of rotatable bonds is 4. The van der Waals surface area contributed by atoms with Crippen LogP contribution in [-0.4, -0.2) is 87.1 Å². The maximum atomic E-state index is 14.1. The maximum absolute atomic E-state index is 14.1. The average Bonchev–Trinajstić information content (AvgIpc) is 2.83. The molecule has 1 aromatic heterocycles. The second kappa shape index (κ2) is 9.22. The van der Waals surface area contributed by atoms with Crippen molar-refractivity contribution < 1.29 is 35.1 Å². The lowest BCUT2D eigenvalue weighted by atomic mass is 9.59. The molecule has 2 aromatic rings. The highest BCUT2D eigenvalue weighted by Crippen LogP contribution is 2.55. The predicted molar refractivity (Wildman–Crippen MR) is 146 cm³/mol. The summed E-state index contributed by atoms with van der Waals surface area (Å²) in [5, 5.41) is 56.2. The number of aliphatic hydroxyl groups is 4. The average molecular weight is 552 g/mol. The second-order valence-electron chi connectivity index (χ2n) is 11.2. The molecule has 0 saturated heterocycles. The first-order valence-electron chi connectivity index (χ1n) is 12.8. The van der Waals surface area contributed by atoms with Crippen LogP contribution in [0.4, 0.5) is 11.5 Å². The molecule has 0 bridgehead atoms. The molecule has 1 aromatic carbocycles. The molecule has 1 heterocycles. The number of hydrogen-bond donors (Lipinski definition) is 7. The topological polar surface area (TPSA) is 207 Å². The first-order valence-corrected chi connectivity index (χ1v) is 12.8. The fourth-order valence-electron chi connectivity index (χ4n) is 6.79. The van der Waals surface area contributed by atoms with Crippen molar-refractivity contribution in [3.8, 4) is 16.9 Å². The third-order valence-electron chi connectivity index (χ3n) is 8.40. The van der Waals surface area contributed by atoms with Crippen LogP contribution in [0.15, 0.2) is 47.1 Å². The van der Waals surface area contributed by atoms with Crippen LogP contribution in [0.25, 0.3) is 11.1 Å². The van der Waals surface area contributed by atoms with Gasteiger partial charge in [-0.3, -0.25) is 14.5 Å². The van der Waals surface area contributed by atoms with Crippen molar-refractivity contribution in [3.05, 3.63) is 58.2 Å². The molecule has 9 N–H and O–H groups in total. The van der Waals surface area contributed by atoms with Crippen molar-refractivity contribution in [1.29, 1.82) is 0 Å². The number of nitrogens with zero attached hydrogens (tertiary/aromatic N) is 3. The number of aromatic hydroxyl groups is 1. The number of nitrogen functional groups attached to an aromatic ring is 1. The minimum atomic E-state index is -3.04. The first kappa shape index (κ1) is 27.4. The number of carbonyl (C=O) groups is 2. The van der Waals surface area contributed by atoms with Gasteiger partial charge in [-0.05, 0) is 62.5 Å². The Balaban J connectivity index is 1.74. The molecule has 3 aliphatic rings. The molecule has 40 heavy (non-hydrogen) atoms. The van der Waals surface area contributed by atoms with Crippen LogP contribution in [0.5, 0.6) is 5.75 Å². The van der Waals surface area contributed by atoms with Gasteiger partial charge in [0.25, 0.3) is 5.91 Å². The zero-order valence-corrected chi connectivity index (χ0v) is 22.6. The molecule has 4 atom stereocenters. The molecule has 3 unspecified atom stereocenters. The van der Waals surface area contributed by atoms with Gasteiger partial charge in [0.1, 0.15) is 28.7 Å². The Bertz CT molecular complexity index is 1490. The third kappa shape index (κ3) is 3.82. The van der Waals surface area contributed by atoms with Crippen LogP contribution < -0.4 is 16.4 Å². The van der Waals surface area contributed by atoms with E-state index in [4.69, 9.17) is 11.5 Å². The van der Waals surface area contributed by atoms with Gasteiger partial charge in [-0.1, -0.05) is 0 Å². The number of anilines is 2. The number of carbonyl (C=O) groups excluding carboxylic acids is 2. The zero-order chi connectivity index (χ0) is 29.4. The lowest BCUT2D eigenvalue weighted by Gasteiger charge is -2.51. The molecular formula is C28H33N5O7. The summed E-state index contributed by atoms with van der Waals surface area (Å²) in [5.41, 5.74) is 12.3. The Morgan fingerprint density at radius 2 is 1.77 bits per heavy atom. The first-order chi connectivity index (χ1) is 18.7. The number of likely N-dealkylation sites (N-methyl/N-ethyl adjacent to an activating group) is 1. The van der Waals surface area contributed by atoms with Gasteiger partial charge in [0.2, 0.25) is 5.79 Å². The van der Waals surface area contributed by atoms with E-state index in [0.29, 0.717) is 22.4 Å². The highest BCUT2D eigenvalue weighted by molar-refractivity contribution is 6.15. The molecule has 212 valence electrons. The van der Waals surface area contributed by atoms with Crippen LogP contribution in [0.3, 0.4) is 0 Å². The molecule has 1 amide bonds. The van der Waals surface area contributed by atoms with E-state index in [9.17, 15) is 35.1 Å². The van der Waals surface area contributed by atoms with E-state index < -0.39 is 58.4 Å². The van der Waals surface area contributed by atoms with E-state index >= 15 is 0 Å². The van der Waals surface area contributed by atoms with Crippen LogP contribution in [0, 0.1) is 17.8 Å². The van der Waals surface area contributed by atoms with E-state index in [1.165, 1.54) is 6.20 Å². The summed E-state index contributed by atoms with van der Waals surface area (Å²) in [6.45, 7) is 0. The van der Waals surface area contributed by atoms with E-state index in [2.05, 4.69) is 4.98 Å². The number of phenols is 1. The SMILES string of the molecule is CN(C)c1cc(-c2ccc(N)nc2)c(O)c2c1CC1CC3C(C(O)=C1C2=O)C(O)(O)C(C(N)=O)=C(O)[C@H]3N(C)C. The fourth-order valence-corrected chi connectivity index (χ4v) is 6.79. The summed E-state index contributed by atoms with van der Waals surface area (Å²) in [4.78, 5) is 33.9. The van der Waals surface area contributed by atoms with E-state index in [1.807, 2.05) is 19.0 Å². The van der Waals surface area contributed by atoms with Gasteiger partial charge in [-0.15, -0.1) is 0 Å². The minimum absolute atomic E-state index is 0.00997. The summed E-state index contributed by atoms with van der Waals surface area (Å²) in [6, 6.07) is 4.11. The summed E-state index contributed by atoms with van der Waals surface area (Å²) < 4.78 is 0. The number of ketones is 1. The standard InChI is InChI=1S/C28H33N5O7/c1-32(2)16-9-13(11-5-6-17(29)31-10-11)23(34)19-14(16)7-12-8-15-20(25(36)18(12)24(19)35)28(39,40)21(27(30)38)26(37)22(15)33(3)4/h5-6,9-10,12,15,20,22,34,36-37,39-40H,7-8H2,1-4H3,(H2,29,31)(H2,30,38)/t12?,15?,20?,22-/m0/s1. The predicted octanol–water partition coefficient (Wildman–Crippen LogP) is 0.828. The fraction of sp³-hybridized carbons (Fsp3) is 0.393. The van der Waals surface area contributed by atoms with Crippen molar-refractivity contribution in [1.82, 2.24) is 9.88 Å². The number of nitrogens with two attached hydrogens (primary N) is 2. The number of aromatic nitrogens is 1. The summed E-state index contributed by atoms with van der Waals surface area (Å²) in [5.74, 6) is -9.05. The molecule has 0 aliphatic heterocycles. The highest BCUT2D eigenvalue weighted by Gasteiger charge is 2.60. The molecule has 12 heteroatoms. The number of allylic oxidation sites excluding steroid dienone is 1. The molecular weight excluding hydrogens is 518 g/mol. The van der Waals surface area contributed by atoms with Crippen molar-refractivity contribution in [2.45, 2.75) is 24.7 Å². The van der Waals surface area contributed by atoms with Crippen LogP contribution in [0.2, 0.25) is 0 Å². The zero-order valence-electron chi connectivity index (χ0n) is 22.6. The van der Waals surface area contributed by atoms with E-state index in [1.54, 1.807) is 37.2 Å². The van der Waals surface area contributed by atoms with Gasteiger partial charge in [0.05, 0.1) is 17.5 Å². The van der Waals surface area contributed by atoms with Gasteiger partial charge in [-0.2, -0.15) is 0 Å². The van der Waals surface area contributed by atoms with Crippen molar-refractivity contribution in [3.63, 3.8) is 0 Å². The number of hydrogen-bond acceptors (Lipinski definition) is 11. The van der Waals surface area contributed by atoms with Gasteiger partial charge >= 0.3 is 0 Å². The molecule has 5 rings (SSSR count). The van der Waals surface area contributed by atoms with Crippen LogP contribution in [-0.2, 0) is 11.2 Å². The molecule has 0 spiro atoms. The Kier molecular flexibility index (Phi) is 6.32. The number of fused-ring (bicyclic) bond motifs is 3. The number of amides is 1. The Labute approximate surface area is 230 Å². The second-order valence-corrected chi connectivity index (χ2v) is 11.2. The largest absolute Gasteiger partial charge is 0.511 e. The minimum Gasteiger partial charge on any atom is -0.511 e. The van der Waals surface area contributed by atoms with Crippen LogP contribution in [0.1, 0.15) is 22.3 Å². The number of pyridine rings is 1. The third-order valence-corrected chi connectivity index (χ3v) is 8.40. The number of Topliss-reactive ketones (excluding diaryl/α,β-unsaturated/α-hetero) is 1. The quantitative estimate of drug-likeness (QED) is 0.265. The monoisotopic (exact) mass is 551 g/mol. The summed E-state index contributed by atoms with van der Waals surface area (Å²) >= 11 is 0. The number of aliphatic hydroxyl groups excluding tert-OH is 2. The number of phenolic OH excluding ortho intramolecular Hbond substituents is 1. The molecule has 0 fully saturated rings. The van der Waals surface area contributed by atoms with Gasteiger partial charge in [-0.25, -0.2) is 4.98 Å². The lowest BCUT2D eigenvalue weighted by molar-refractivity contribution is -0.200. The highest BCUT2D eigenvalue weighted by atomic mass is 16.5. The van der Waals surface area contributed by atoms with Gasteiger partial charge in [0, 0.05) is 42.7 Å². The Hall–Kier alpha value is -4.13. The van der Waals surface area contributed by atoms with E-state index in [0.717, 1.165) is 0 Å². The summed E-state index contributed by atoms with van der Waals surface area (Å²) in [7, 11) is 6.91. The molecule has 0 radical (unpaired) electrons. The van der Waals surface area contributed by atoms with E-state index in [-0.39, 0.29) is 35.5 Å². The normalized spacial score (nSPS) is 25.4. The molecule has 3 aliphatic carbocycles. The van der Waals surface area contributed by atoms with Crippen molar-refractivity contribution in [2.24, 2.45) is 23.5 Å².